The minimum Gasteiger partial charge on any atom is -0.505 e. The van der Waals surface area contributed by atoms with Crippen LogP contribution < -0.4 is 20.9 Å². The number of phenols is 2. The Kier molecular flexibility index (Phi) is 10.1. The summed E-state index contributed by atoms with van der Waals surface area (Å²) in [6, 6.07) is 17.4. The average molecular weight is 825 g/mol. The van der Waals surface area contributed by atoms with Gasteiger partial charge in [0.05, 0.1) is 30.7 Å². The van der Waals surface area contributed by atoms with Crippen LogP contribution in [-0.2, 0) is 30.4 Å². The van der Waals surface area contributed by atoms with E-state index in [4.69, 9.17) is 20.9 Å². The van der Waals surface area contributed by atoms with Crippen molar-refractivity contribution >= 4 is 86.0 Å². The third kappa shape index (κ3) is 7.34. The molecule has 0 heterocycles. The molecule has 0 aromatic heterocycles. The number of phenolic OH excluding ortho intramolecular Hbond substituents is 2. The number of hydrogen-bond acceptors (Lipinski definition) is 16. The highest BCUT2D eigenvalue weighted by Gasteiger charge is 2.27. The molecular weight excluding hydrogens is 797 g/mol. The monoisotopic (exact) mass is 824 g/mol. The van der Waals surface area contributed by atoms with Gasteiger partial charge in [-0.25, -0.2) is 0 Å². The minimum atomic E-state index is -5.10. The third-order valence-corrected chi connectivity index (χ3v) is 11.1. The van der Waals surface area contributed by atoms with Gasteiger partial charge in [-0.3, -0.25) is 13.7 Å². The quantitative estimate of drug-likeness (QED) is 0.0423. The second-order valence-electron chi connectivity index (χ2n) is 11.7. The zero-order valence-electron chi connectivity index (χ0n) is 28.7. The molecule has 290 valence electrons. The van der Waals surface area contributed by atoms with Gasteiger partial charge in [0.2, 0.25) is 0 Å². The Morgan fingerprint density at radius 3 is 1.36 bits per heavy atom. The molecule has 0 unspecified atom stereocenters. The van der Waals surface area contributed by atoms with E-state index in [1.165, 1.54) is 38.5 Å². The molecule has 0 fully saturated rings. The van der Waals surface area contributed by atoms with Gasteiger partial charge in [-0.05, 0) is 65.7 Å². The molecule has 0 saturated heterocycles. The Morgan fingerprint density at radius 2 is 0.911 bits per heavy atom. The first-order chi connectivity index (χ1) is 26.2. The van der Waals surface area contributed by atoms with Crippen molar-refractivity contribution < 1.29 is 58.6 Å². The predicted molar refractivity (Wildman–Crippen MR) is 203 cm³/mol. The SMILES string of the molecule is COc1cc(-c2ccc(/N=N/c3ccc4c(S(=O)(=O)O)cc(S(=O)(=O)O)c(N)c4c3O)c(OC)c2)ccc1/N=N/c1ccc2c(S(=O)(=O)O)ccc(N)c2c1O. The van der Waals surface area contributed by atoms with Crippen LogP contribution in [-0.4, -0.2) is 63.3 Å². The lowest BCUT2D eigenvalue weighted by atomic mass is 10.0. The summed E-state index contributed by atoms with van der Waals surface area (Å²) in [7, 11) is -12.0. The Bertz CT molecular complexity index is 3030. The first-order valence-electron chi connectivity index (χ1n) is 15.5. The molecule has 0 aliphatic carbocycles. The zero-order chi connectivity index (χ0) is 40.9. The van der Waals surface area contributed by atoms with Crippen LogP contribution in [0.3, 0.4) is 0 Å². The molecule has 6 aromatic carbocycles. The van der Waals surface area contributed by atoms with Gasteiger partial charge in [0.1, 0.15) is 48.9 Å². The van der Waals surface area contributed by atoms with Crippen molar-refractivity contribution in [2.75, 3.05) is 25.7 Å². The van der Waals surface area contributed by atoms with Crippen molar-refractivity contribution in [3.8, 4) is 34.1 Å². The van der Waals surface area contributed by atoms with E-state index in [1.807, 2.05) is 0 Å². The molecule has 0 spiro atoms. The van der Waals surface area contributed by atoms with E-state index in [0.717, 1.165) is 18.2 Å². The molecule has 9 N–H and O–H groups in total. The number of nitrogens with two attached hydrogens (primary N) is 2. The Labute approximate surface area is 317 Å². The lowest BCUT2D eigenvalue weighted by Crippen LogP contribution is -2.08. The van der Waals surface area contributed by atoms with E-state index in [-0.39, 0.29) is 56.1 Å². The van der Waals surface area contributed by atoms with Crippen molar-refractivity contribution in [1.29, 1.82) is 0 Å². The molecule has 56 heavy (non-hydrogen) atoms. The van der Waals surface area contributed by atoms with Gasteiger partial charge in [0, 0.05) is 16.5 Å². The Hall–Kier alpha value is -6.43. The molecule has 0 aliphatic heterocycles. The number of benzene rings is 6. The summed E-state index contributed by atoms with van der Waals surface area (Å²) in [6.45, 7) is 0. The van der Waals surface area contributed by atoms with Gasteiger partial charge in [-0.15, -0.1) is 20.5 Å². The number of aromatic hydroxyl groups is 2. The van der Waals surface area contributed by atoms with Gasteiger partial charge in [0.25, 0.3) is 30.4 Å². The third-order valence-electron chi connectivity index (χ3n) is 8.40. The number of ether oxygens (including phenoxy) is 2. The molecule has 0 radical (unpaired) electrons. The van der Waals surface area contributed by atoms with Crippen molar-refractivity contribution in [3.63, 3.8) is 0 Å². The molecule has 22 heteroatoms. The number of azo groups is 2. The van der Waals surface area contributed by atoms with Crippen LogP contribution in [0.5, 0.6) is 23.0 Å². The van der Waals surface area contributed by atoms with Crippen LogP contribution in [0, 0.1) is 0 Å². The van der Waals surface area contributed by atoms with E-state index in [9.17, 15) is 49.1 Å². The topological polar surface area (TPSA) is 324 Å². The Morgan fingerprint density at radius 1 is 0.500 bits per heavy atom. The largest absolute Gasteiger partial charge is 0.505 e. The van der Waals surface area contributed by atoms with Crippen LogP contribution in [0.2, 0.25) is 0 Å². The van der Waals surface area contributed by atoms with E-state index in [1.54, 1.807) is 30.3 Å². The smallest absolute Gasteiger partial charge is 0.296 e. The summed E-state index contributed by atoms with van der Waals surface area (Å²) in [4.78, 5) is -2.45. The summed E-state index contributed by atoms with van der Waals surface area (Å²) in [5.74, 6) is -0.792. The minimum absolute atomic E-state index is 0.0143. The maximum Gasteiger partial charge on any atom is 0.296 e. The number of nitrogens with zero attached hydrogens (tertiary/aromatic N) is 4. The van der Waals surface area contributed by atoms with Crippen molar-refractivity contribution in [2.24, 2.45) is 20.5 Å². The first-order valence-corrected chi connectivity index (χ1v) is 19.8. The summed E-state index contributed by atoms with van der Waals surface area (Å²) >= 11 is 0. The van der Waals surface area contributed by atoms with E-state index in [0.29, 0.717) is 17.2 Å². The molecule has 0 saturated carbocycles. The molecule has 0 amide bonds. The highest BCUT2D eigenvalue weighted by atomic mass is 32.2. The second-order valence-corrected chi connectivity index (χ2v) is 15.9. The molecule has 0 aliphatic rings. The van der Waals surface area contributed by atoms with Crippen molar-refractivity contribution in [1.82, 2.24) is 0 Å². The van der Waals surface area contributed by atoms with Crippen LogP contribution in [0.4, 0.5) is 34.1 Å². The number of hydrogen-bond donors (Lipinski definition) is 7. The van der Waals surface area contributed by atoms with Gasteiger partial charge < -0.3 is 31.2 Å². The molecule has 0 bridgehead atoms. The molecular formula is C34H28N6O13S3. The number of anilines is 2. The highest BCUT2D eigenvalue weighted by molar-refractivity contribution is 7.87. The fourth-order valence-electron chi connectivity index (χ4n) is 5.78. The van der Waals surface area contributed by atoms with Gasteiger partial charge in [0.15, 0.2) is 11.5 Å². The first kappa shape index (κ1) is 39.3. The lowest BCUT2D eigenvalue weighted by Gasteiger charge is -2.13. The standard InChI is InChI=1S/C34H28N6O13S3/c1-52-25-13-16(3-8-21(25)37-39-23-10-5-18-27(54(43,44)45)12-7-20(35)30(18)33(23)41)17-4-9-22(26(14-17)53-2)38-40-24-11-6-19-28(55(46,47)48)15-29(56(49,50)51)32(36)31(19)34(24)42/h3-15,41-42H,35-36H2,1-2H3,(H,43,44,45)(H,46,47,48)(H,49,50,51)/b39-37+,40-38+. The van der Waals surface area contributed by atoms with E-state index in [2.05, 4.69) is 20.5 Å². The zero-order valence-corrected chi connectivity index (χ0v) is 31.1. The van der Waals surface area contributed by atoms with Crippen LogP contribution in [0.25, 0.3) is 32.7 Å². The maximum atomic E-state index is 12.0. The van der Waals surface area contributed by atoms with Gasteiger partial charge in [-0.2, -0.15) is 25.3 Å². The number of fused-ring (bicyclic) bond motifs is 2. The average Bonchev–Trinajstić information content (AvgIpc) is 3.12. The molecule has 0 atom stereocenters. The highest BCUT2D eigenvalue weighted by Crippen LogP contribution is 2.45. The van der Waals surface area contributed by atoms with Gasteiger partial charge >= 0.3 is 0 Å². The van der Waals surface area contributed by atoms with E-state index >= 15 is 0 Å². The van der Waals surface area contributed by atoms with Gasteiger partial charge in [-0.1, -0.05) is 24.3 Å². The fraction of sp³-hybridized carbons (Fsp3) is 0.0588. The van der Waals surface area contributed by atoms with Crippen LogP contribution in [0.1, 0.15) is 0 Å². The summed E-state index contributed by atoms with van der Waals surface area (Å²) in [6.07, 6.45) is 0. The molecule has 6 aromatic rings. The number of nitrogen functional groups attached to an aromatic ring is 2. The Balaban J connectivity index is 1.32. The molecule has 6 rings (SSSR count). The summed E-state index contributed by atoms with van der Waals surface area (Å²) in [5, 5.41) is 37.3. The second kappa shape index (κ2) is 14.3. The summed E-state index contributed by atoms with van der Waals surface area (Å²) in [5.41, 5.74) is 12.5. The molecule has 19 nitrogen and oxygen atoms in total. The van der Waals surface area contributed by atoms with Crippen molar-refractivity contribution in [3.05, 3.63) is 78.9 Å². The van der Waals surface area contributed by atoms with Crippen LogP contribution in [0.15, 0.2) is 114 Å². The van der Waals surface area contributed by atoms with E-state index < -0.39 is 67.6 Å². The lowest BCUT2D eigenvalue weighted by molar-refractivity contribution is 0.415. The maximum absolute atomic E-state index is 12.0. The number of methoxy groups -OCH3 is 2. The number of rotatable bonds is 10. The van der Waals surface area contributed by atoms with Crippen LogP contribution >= 0.6 is 0 Å². The fourth-order valence-corrected chi connectivity index (χ4v) is 7.90. The predicted octanol–water partition coefficient (Wildman–Crippen LogP) is 6.82. The normalized spacial score (nSPS) is 12.6. The summed E-state index contributed by atoms with van der Waals surface area (Å²) < 4.78 is 111. The van der Waals surface area contributed by atoms with Crippen molar-refractivity contribution in [2.45, 2.75) is 14.7 Å².